The number of carbonyl (C=O) groups excluding carboxylic acids is 1. The molecule has 7 nitrogen and oxygen atoms in total. The van der Waals surface area contributed by atoms with Crippen LogP contribution in [0.15, 0.2) is 59.0 Å². The van der Waals surface area contributed by atoms with Gasteiger partial charge < -0.3 is 9.73 Å². The molecule has 0 saturated heterocycles. The summed E-state index contributed by atoms with van der Waals surface area (Å²) in [5.41, 5.74) is 1.24. The molecule has 1 amide bonds. The van der Waals surface area contributed by atoms with Crippen molar-refractivity contribution in [2.24, 2.45) is 0 Å². The summed E-state index contributed by atoms with van der Waals surface area (Å²) >= 11 is 0. The molecule has 0 fully saturated rings. The number of carbonyl (C=O) groups is 1. The summed E-state index contributed by atoms with van der Waals surface area (Å²) in [4.78, 5) is 12.3. The number of hydrogen-bond acceptors (Lipinski definition) is 5. The fraction of sp³-hybridized carbons (Fsp3) is 0.0588. The van der Waals surface area contributed by atoms with Crippen LogP contribution in [-0.2, 0) is 6.54 Å². The third-order valence-electron chi connectivity index (χ3n) is 3.66. The Labute approximate surface area is 141 Å². The minimum absolute atomic E-state index is 0.0975. The van der Waals surface area contributed by atoms with Crippen molar-refractivity contribution in [1.29, 1.82) is 0 Å². The number of nitrogens with one attached hydrogen (secondary N) is 1. The highest BCUT2D eigenvalue weighted by molar-refractivity contribution is 5.95. The zero-order chi connectivity index (χ0) is 17.2. The molecule has 1 N–H and O–H groups in total. The Morgan fingerprint density at radius 1 is 1.16 bits per heavy atom. The fourth-order valence-electron chi connectivity index (χ4n) is 2.44. The van der Waals surface area contributed by atoms with Crippen LogP contribution in [-0.4, -0.2) is 26.1 Å². The monoisotopic (exact) mass is 337 g/mol. The van der Waals surface area contributed by atoms with E-state index in [1.165, 1.54) is 16.8 Å². The van der Waals surface area contributed by atoms with E-state index in [4.69, 9.17) is 4.42 Å². The highest BCUT2D eigenvalue weighted by Crippen LogP contribution is 2.18. The maximum atomic E-state index is 13.0. The molecule has 0 saturated carbocycles. The Hall–Kier alpha value is -3.55. The molecule has 0 radical (unpaired) electrons. The third-order valence-corrected chi connectivity index (χ3v) is 3.66. The number of rotatable bonds is 4. The molecule has 4 rings (SSSR count). The minimum atomic E-state index is -0.371. The number of furan rings is 1. The molecule has 2 aromatic heterocycles. The predicted octanol–water partition coefficient (Wildman–Crippen LogP) is 2.48. The van der Waals surface area contributed by atoms with Gasteiger partial charge in [0.05, 0.1) is 12.2 Å². The van der Waals surface area contributed by atoms with Crippen LogP contribution in [0.2, 0.25) is 0 Å². The first-order chi connectivity index (χ1) is 12.2. The summed E-state index contributed by atoms with van der Waals surface area (Å²) in [6.07, 6.45) is 0. The first kappa shape index (κ1) is 15.0. The third kappa shape index (κ3) is 2.97. The summed E-state index contributed by atoms with van der Waals surface area (Å²) in [6, 6.07) is 14.8. The Bertz CT molecular complexity index is 1010. The van der Waals surface area contributed by atoms with Crippen LogP contribution in [0.25, 0.3) is 16.7 Å². The number of hydrogen-bond donors (Lipinski definition) is 1. The van der Waals surface area contributed by atoms with E-state index in [2.05, 4.69) is 20.8 Å². The SMILES string of the molecule is O=C(NCc1nnnn1-c1ccc(F)cc1)c1cc2ccccc2o1. The lowest BCUT2D eigenvalue weighted by atomic mass is 10.2. The molecule has 4 aromatic rings. The predicted molar refractivity (Wildman–Crippen MR) is 86.5 cm³/mol. The van der Waals surface area contributed by atoms with Crippen molar-refractivity contribution in [2.45, 2.75) is 6.54 Å². The van der Waals surface area contributed by atoms with E-state index >= 15 is 0 Å². The molecule has 0 bridgehead atoms. The van der Waals surface area contributed by atoms with Crippen molar-refractivity contribution in [3.05, 3.63) is 72.0 Å². The van der Waals surface area contributed by atoms with E-state index in [0.717, 1.165) is 5.39 Å². The number of fused-ring (bicyclic) bond motifs is 1. The van der Waals surface area contributed by atoms with Crippen LogP contribution in [0.3, 0.4) is 0 Å². The average molecular weight is 337 g/mol. The Morgan fingerprint density at radius 2 is 1.96 bits per heavy atom. The maximum Gasteiger partial charge on any atom is 0.287 e. The molecule has 25 heavy (non-hydrogen) atoms. The molecule has 0 spiro atoms. The Morgan fingerprint density at radius 3 is 2.76 bits per heavy atom. The van der Waals surface area contributed by atoms with E-state index in [1.54, 1.807) is 24.3 Å². The molecule has 8 heteroatoms. The number of aromatic nitrogens is 4. The zero-order valence-electron chi connectivity index (χ0n) is 12.9. The van der Waals surface area contributed by atoms with Crippen LogP contribution in [0.1, 0.15) is 16.4 Å². The number of benzene rings is 2. The number of tetrazole rings is 1. The summed E-state index contributed by atoms with van der Waals surface area (Å²) in [7, 11) is 0. The van der Waals surface area contributed by atoms with Crippen molar-refractivity contribution in [3.8, 4) is 5.69 Å². The largest absolute Gasteiger partial charge is 0.451 e. The first-order valence-electron chi connectivity index (χ1n) is 7.51. The van der Waals surface area contributed by atoms with Crippen LogP contribution in [0.5, 0.6) is 0 Å². The fourth-order valence-corrected chi connectivity index (χ4v) is 2.44. The second kappa shape index (κ2) is 6.16. The Balaban J connectivity index is 1.51. The van der Waals surface area contributed by atoms with Crippen molar-refractivity contribution in [2.75, 3.05) is 0 Å². The number of halogens is 1. The lowest BCUT2D eigenvalue weighted by Gasteiger charge is -2.05. The number of amides is 1. The van der Waals surface area contributed by atoms with Gasteiger partial charge in [-0.2, -0.15) is 4.68 Å². The second-order valence-corrected chi connectivity index (χ2v) is 5.31. The van der Waals surface area contributed by atoms with Crippen molar-refractivity contribution >= 4 is 16.9 Å². The lowest BCUT2D eigenvalue weighted by molar-refractivity contribution is 0.0924. The molecule has 0 aliphatic rings. The molecule has 2 heterocycles. The van der Waals surface area contributed by atoms with Gasteiger partial charge in [0.2, 0.25) is 0 Å². The summed E-state index contributed by atoms with van der Waals surface area (Å²) in [5, 5.41) is 14.9. The quantitative estimate of drug-likeness (QED) is 0.618. The van der Waals surface area contributed by atoms with Gasteiger partial charge in [-0.3, -0.25) is 4.79 Å². The van der Waals surface area contributed by atoms with Gasteiger partial charge in [0.25, 0.3) is 5.91 Å². The standard InChI is InChI=1S/C17H12FN5O2/c18-12-5-7-13(8-6-12)23-16(20-21-22-23)10-19-17(24)15-9-11-3-1-2-4-14(11)25-15/h1-9H,10H2,(H,19,24). The van der Waals surface area contributed by atoms with Gasteiger partial charge in [-0.25, -0.2) is 4.39 Å². The zero-order valence-corrected chi connectivity index (χ0v) is 12.9. The van der Waals surface area contributed by atoms with Crippen molar-refractivity contribution in [3.63, 3.8) is 0 Å². The highest BCUT2D eigenvalue weighted by atomic mass is 19.1. The summed E-state index contributed by atoms with van der Waals surface area (Å²) in [6.45, 7) is 0.0975. The van der Waals surface area contributed by atoms with Crippen LogP contribution in [0.4, 0.5) is 4.39 Å². The first-order valence-corrected chi connectivity index (χ1v) is 7.51. The van der Waals surface area contributed by atoms with Crippen molar-refractivity contribution in [1.82, 2.24) is 25.5 Å². The van der Waals surface area contributed by atoms with E-state index in [0.29, 0.717) is 17.1 Å². The Kier molecular flexibility index (Phi) is 3.70. The normalized spacial score (nSPS) is 10.9. The molecular formula is C17H12FN5O2. The minimum Gasteiger partial charge on any atom is -0.451 e. The summed E-state index contributed by atoms with van der Waals surface area (Å²) < 4.78 is 20.0. The molecule has 0 aliphatic carbocycles. The maximum absolute atomic E-state index is 13.0. The van der Waals surface area contributed by atoms with Crippen LogP contribution < -0.4 is 5.32 Å². The van der Waals surface area contributed by atoms with Gasteiger partial charge >= 0.3 is 0 Å². The summed E-state index contributed by atoms with van der Waals surface area (Å²) in [5.74, 6) is -0.0977. The molecule has 0 aliphatic heterocycles. The molecule has 124 valence electrons. The van der Waals surface area contributed by atoms with E-state index in [9.17, 15) is 9.18 Å². The molecule has 2 aromatic carbocycles. The topological polar surface area (TPSA) is 85.8 Å². The van der Waals surface area contributed by atoms with E-state index < -0.39 is 0 Å². The van der Waals surface area contributed by atoms with Gasteiger partial charge in [0.1, 0.15) is 11.4 Å². The van der Waals surface area contributed by atoms with Gasteiger partial charge in [-0.05, 0) is 46.8 Å². The van der Waals surface area contributed by atoms with E-state index in [1.807, 2.05) is 18.2 Å². The van der Waals surface area contributed by atoms with Gasteiger partial charge in [0.15, 0.2) is 11.6 Å². The van der Waals surface area contributed by atoms with Crippen LogP contribution in [0, 0.1) is 5.82 Å². The van der Waals surface area contributed by atoms with E-state index in [-0.39, 0.29) is 24.0 Å². The van der Waals surface area contributed by atoms with Gasteiger partial charge in [0, 0.05) is 5.39 Å². The van der Waals surface area contributed by atoms with Gasteiger partial charge in [-0.1, -0.05) is 18.2 Å². The molecule has 0 unspecified atom stereocenters. The molecular weight excluding hydrogens is 325 g/mol. The average Bonchev–Trinajstić information content (AvgIpc) is 3.27. The number of nitrogens with zero attached hydrogens (tertiary/aromatic N) is 4. The second-order valence-electron chi connectivity index (χ2n) is 5.31. The molecule has 0 atom stereocenters. The van der Waals surface area contributed by atoms with Crippen molar-refractivity contribution < 1.29 is 13.6 Å². The lowest BCUT2D eigenvalue weighted by Crippen LogP contribution is -2.24. The smallest absolute Gasteiger partial charge is 0.287 e. The van der Waals surface area contributed by atoms with Crippen LogP contribution >= 0.6 is 0 Å². The number of para-hydroxylation sites is 1. The van der Waals surface area contributed by atoms with Gasteiger partial charge in [-0.15, -0.1) is 5.10 Å². The highest BCUT2D eigenvalue weighted by Gasteiger charge is 2.14.